The summed E-state index contributed by atoms with van der Waals surface area (Å²) in [6, 6.07) is 2.95. The molecule has 2 saturated heterocycles. The van der Waals surface area contributed by atoms with Gasteiger partial charge >= 0.3 is 5.00 Å². The maximum Gasteiger partial charge on any atom is 0.324 e. The van der Waals surface area contributed by atoms with Crippen LogP contribution in [0.3, 0.4) is 0 Å². The normalized spacial score (nSPS) is 22.4. The first-order valence-corrected chi connectivity index (χ1v) is 8.82. The Bertz CT molecular complexity index is 563. The topological polar surface area (TPSA) is 75.9 Å². The highest BCUT2D eigenvalue weighted by Gasteiger charge is 2.25. The molecule has 0 N–H and O–H groups in total. The van der Waals surface area contributed by atoms with E-state index in [1.54, 1.807) is 11.0 Å². The first kappa shape index (κ1) is 16.4. The third-order valence-electron chi connectivity index (χ3n) is 4.43. The van der Waals surface area contributed by atoms with Gasteiger partial charge in [0.05, 0.1) is 15.9 Å². The lowest BCUT2D eigenvalue weighted by Crippen LogP contribution is -2.49. The third-order valence-corrected chi connectivity index (χ3v) is 5.46. The number of thiophene rings is 1. The average Bonchev–Trinajstić information content (AvgIpc) is 3.24. The maximum absolute atomic E-state index is 12.4. The maximum atomic E-state index is 12.4. The molecule has 7 nitrogen and oxygen atoms in total. The molecule has 1 aromatic heterocycles. The number of carbonyl (C=O) groups is 1. The molecule has 23 heavy (non-hydrogen) atoms. The van der Waals surface area contributed by atoms with Gasteiger partial charge in [0.15, 0.2) is 0 Å². The number of nitrogens with zero attached hydrogens (tertiary/aromatic N) is 3. The van der Waals surface area contributed by atoms with E-state index in [1.165, 1.54) is 12.5 Å². The van der Waals surface area contributed by atoms with Crippen LogP contribution in [0, 0.1) is 10.1 Å². The molecule has 0 saturated carbocycles. The fraction of sp³-hybridized carbons (Fsp3) is 0.667. The van der Waals surface area contributed by atoms with E-state index >= 15 is 0 Å². The Morgan fingerprint density at radius 3 is 2.74 bits per heavy atom. The Balaban J connectivity index is 1.45. The van der Waals surface area contributed by atoms with E-state index in [-0.39, 0.29) is 10.9 Å². The van der Waals surface area contributed by atoms with Crippen LogP contribution in [0.1, 0.15) is 28.9 Å². The summed E-state index contributed by atoms with van der Waals surface area (Å²) in [5.74, 6) is -0.0955. The van der Waals surface area contributed by atoms with Crippen LogP contribution in [0.5, 0.6) is 0 Å². The van der Waals surface area contributed by atoms with Crippen molar-refractivity contribution in [1.82, 2.24) is 9.80 Å². The predicted octanol–water partition coefficient (Wildman–Crippen LogP) is 1.98. The lowest BCUT2D eigenvalue weighted by Gasteiger charge is -2.34. The van der Waals surface area contributed by atoms with Crippen molar-refractivity contribution in [1.29, 1.82) is 0 Å². The van der Waals surface area contributed by atoms with E-state index in [0.717, 1.165) is 50.4 Å². The molecule has 1 amide bonds. The van der Waals surface area contributed by atoms with Crippen LogP contribution < -0.4 is 0 Å². The minimum atomic E-state index is -0.454. The van der Waals surface area contributed by atoms with Gasteiger partial charge in [0, 0.05) is 45.4 Å². The van der Waals surface area contributed by atoms with Gasteiger partial charge in [-0.1, -0.05) is 11.3 Å². The van der Waals surface area contributed by atoms with Crippen molar-refractivity contribution in [2.45, 2.75) is 25.4 Å². The molecule has 1 atom stereocenters. The van der Waals surface area contributed by atoms with Crippen molar-refractivity contribution in [3.63, 3.8) is 0 Å². The summed E-state index contributed by atoms with van der Waals surface area (Å²) in [7, 11) is 0. The number of carbonyl (C=O) groups excluding carboxylic acids is 1. The number of hydrogen-bond acceptors (Lipinski definition) is 6. The zero-order chi connectivity index (χ0) is 16.2. The molecule has 3 heterocycles. The fourth-order valence-electron chi connectivity index (χ4n) is 3.07. The zero-order valence-corrected chi connectivity index (χ0v) is 13.8. The first-order valence-electron chi connectivity index (χ1n) is 8.01. The number of hydrogen-bond donors (Lipinski definition) is 0. The molecule has 3 rings (SSSR count). The van der Waals surface area contributed by atoms with E-state index in [1.807, 2.05) is 0 Å². The highest BCUT2D eigenvalue weighted by Crippen LogP contribution is 2.25. The van der Waals surface area contributed by atoms with Crippen molar-refractivity contribution in [2.75, 3.05) is 39.3 Å². The van der Waals surface area contributed by atoms with Crippen LogP contribution in [-0.4, -0.2) is 66.1 Å². The smallest absolute Gasteiger partial charge is 0.324 e. The molecule has 0 unspecified atom stereocenters. The molecule has 126 valence electrons. The van der Waals surface area contributed by atoms with Gasteiger partial charge in [-0.15, -0.1) is 0 Å². The fourth-order valence-corrected chi connectivity index (χ4v) is 3.86. The zero-order valence-electron chi connectivity index (χ0n) is 13.0. The quantitative estimate of drug-likeness (QED) is 0.606. The number of piperazine rings is 1. The second kappa shape index (κ2) is 7.37. The van der Waals surface area contributed by atoms with E-state index < -0.39 is 4.92 Å². The molecular weight excluding hydrogens is 318 g/mol. The van der Waals surface area contributed by atoms with Crippen molar-refractivity contribution in [3.05, 3.63) is 27.1 Å². The van der Waals surface area contributed by atoms with Gasteiger partial charge < -0.3 is 9.64 Å². The molecular formula is C15H21N3O4S. The van der Waals surface area contributed by atoms with Gasteiger partial charge in [-0.3, -0.25) is 19.8 Å². The third kappa shape index (κ3) is 4.07. The van der Waals surface area contributed by atoms with Gasteiger partial charge in [-0.2, -0.15) is 0 Å². The summed E-state index contributed by atoms with van der Waals surface area (Å²) in [4.78, 5) is 27.2. The molecule has 1 aromatic rings. The summed E-state index contributed by atoms with van der Waals surface area (Å²) in [6.07, 6.45) is 3.79. The Hall–Kier alpha value is -1.51. The molecule has 0 spiro atoms. The monoisotopic (exact) mass is 339 g/mol. The van der Waals surface area contributed by atoms with Crippen LogP contribution in [-0.2, 0) is 4.74 Å². The SMILES string of the molecule is O=C(c1ccc([N+](=O)[O-])s1)N1CCN(CC[C@H]2CCCO2)CC1. The van der Waals surface area contributed by atoms with Crippen LogP contribution in [0.4, 0.5) is 5.00 Å². The minimum Gasteiger partial charge on any atom is -0.378 e. The van der Waals surface area contributed by atoms with Crippen molar-refractivity contribution >= 4 is 22.2 Å². The summed E-state index contributed by atoms with van der Waals surface area (Å²) < 4.78 is 5.64. The highest BCUT2D eigenvalue weighted by atomic mass is 32.1. The van der Waals surface area contributed by atoms with Crippen molar-refractivity contribution in [2.24, 2.45) is 0 Å². The Morgan fingerprint density at radius 1 is 1.35 bits per heavy atom. The van der Waals surface area contributed by atoms with Crippen LogP contribution in [0.2, 0.25) is 0 Å². The van der Waals surface area contributed by atoms with E-state index in [0.29, 0.717) is 24.1 Å². The molecule has 0 aromatic carbocycles. The molecule has 0 aliphatic carbocycles. The minimum absolute atomic E-state index is 0.0172. The molecule has 0 radical (unpaired) electrons. The largest absolute Gasteiger partial charge is 0.378 e. The standard InChI is InChI=1S/C15H21N3O4S/c19-15(13-3-4-14(23-13)18(20)21)17-9-7-16(8-10-17)6-5-12-2-1-11-22-12/h3-4,12H,1-2,5-11H2/t12-/m1/s1. The molecule has 8 heteroatoms. The van der Waals surface area contributed by atoms with Gasteiger partial charge in [-0.25, -0.2) is 0 Å². The molecule has 2 aliphatic heterocycles. The average molecular weight is 339 g/mol. The van der Waals surface area contributed by atoms with Crippen LogP contribution >= 0.6 is 11.3 Å². The Morgan fingerprint density at radius 2 is 2.13 bits per heavy atom. The van der Waals surface area contributed by atoms with Crippen LogP contribution in [0.25, 0.3) is 0 Å². The number of ether oxygens (including phenoxy) is 1. The predicted molar refractivity (Wildman–Crippen MR) is 86.9 cm³/mol. The van der Waals surface area contributed by atoms with Crippen LogP contribution in [0.15, 0.2) is 12.1 Å². The van der Waals surface area contributed by atoms with Gasteiger partial charge in [0.2, 0.25) is 0 Å². The summed E-state index contributed by atoms with van der Waals surface area (Å²) >= 11 is 0.950. The summed E-state index contributed by atoms with van der Waals surface area (Å²) in [5, 5.41) is 10.7. The molecule has 2 aliphatic rings. The van der Waals surface area contributed by atoms with E-state index in [9.17, 15) is 14.9 Å². The van der Waals surface area contributed by atoms with Crippen molar-refractivity contribution in [3.8, 4) is 0 Å². The summed E-state index contributed by atoms with van der Waals surface area (Å²) in [6.45, 7) is 4.96. The van der Waals surface area contributed by atoms with Gasteiger partial charge in [0.25, 0.3) is 5.91 Å². The number of amides is 1. The Labute approximate surface area is 139 Å². The van der Waals surface area contributed by atoms with Gasteiger partial charge in [-0.05, 0) is 25.3 Å². The highest BCUT2D eigenvalue weighted by molar-refractivity contribution is 7.17. The summed E-state index contributed by atoms with van der Waals surface area (Å²) in [5.41, 5.74) is 0. The second-order valence-corrected chi connectivity index (χ2v) is 7.01. The number of nitro groups is 1. The lowest BCUT2D eigenvalue weighted by atomic mass is 10.1. The Kier molecular flexibility index (Phi) is 5.24. The van der Waals surface area contributed by atoms with Crippen molar-refractivity contribution < 1.29 is 14.5 Å². The molecule has 2 fully saturated rings. The molecule has 0 bridgehead atoms. The number of rotatable bonds is 5. The van der Waals surface area contributed by atoms with Gasteiger partial charge in [0.1, 0.15) is 0 Å². The van der Waals surface area contributed by atoms with E-state index in [4.69, 9.17) is 4.74 Å². The first-order chi connectivity index (χ1) is 11.1. The van der Waals surface area contributed by atoms with E-state index in [2.05, 4.69) is 4.90 Å². The second-order valence-electron chi connectivity index (χ2n) is 5.95. The lowest BCUT2D eigenvalue weighted by molar-refractivity contribution is -0.380.